The molecule has 0 aliphatic heterocycles. The van der Waals surface area contributed by atoms with Crippen molar-refractivity contribution in [2.24, 2.45) is 0 Å². The van der Waals surface area contributed by atoms with Crippen molar-refractivity contribution >= 4 is 17.9 Å². The van der Waals surface area contributed by atoms with Crippen LogP contribution < -0.4 is 0 Å². The van der Waals surface area contributed by atoms with E-state index >= 15 is 0 Å². The molecule has 0 heterocycles. The molecule has 400 valence electrons. The first kappa shape index (κ1) is 66.3. The Labute approximate surface area is 432 Å². The summed E-state index contributed by atoms with van der Waals surface area (Å²) in [6.07, 6.45) is 76.9. The van der Waals surface area contributed by atoms with Crippen LogP contribution >= 0.6 is 0 Å². The standard InChI is InChI=1S/C64H108O6/c1-4-7-10-13-16-19-22-24-25-26-27-28-29-30-31-32-33-34-35-36-37-38-39-41-42-45-48-51-54-57-63(66)69-60-61(59-68-62(65)56-53-50-47-44-21-18-15-12-9-6-3)70-64(67)58-55-52-49-46-43-40-23-20-17-14-11-8-5-2/h7,10,12,15-16,19,24-25,27-28,30-31,33-34,36-37,61H,4-6,8-9,11,13-14,17-18,20-23,26,29,32,35,38-60H2,1-3H3/b10-7-,15-12-,19-16-,25-24-,28-27-,31-30-,34-33-,37-36-. The summed E-state index contributed by atoms with van der Waals surface area (Å²) < 4.78 is 16.8. The van der Waals surface area contributed by atoms with E-state index in [4.69, 9.17) is 14.2 Å². The number of hydrogen-bond donors (Lipinski definition) is 0. The number of hydrogen-bond acceptors (Lipinski definition) is 6. The Balaban J connectivity index is 4.24. The summed E-state index contributed by atoms with van der Waals surface area (Å²) in [5.74, 6) is -0.901. The summed E-state index contributed by atoms with van der Waals surface area (Å²) in [7, 11) is 0. The first-order chi connectivity index (χ1) is 34.5. The highest BCUT2D eigenvalue weighted by Gasteiger charge is 2.19. The second-order valence-corrected chi connectivity index (χ2v) is 19.2. The normalized spacial score (nSPS) is 12.8. The molecule has 0 aliphatic carbocycles. The highest BCUT2D eigenvalue weighted by Crippen LogP contribution is 2.15. The zero-order valence-electron chi connectivity index (χ0n) is 45.8. The molecular weight excluding hydrogens is 865 g/mol. The number of rotatable bonds is 52. The van der Waals surface area contributed by atoms with Gasteiger partial charge in [-0.2, -0.15) is 0 Å². The summed E-state index contributed by atoms with van der Waals surface area (Å²) in [5, 5.41) is 0. The van der Waals surface area contributed by atoms with Crippen molar-refractivity contribution in [3.63, 3.8) is 0 Å². The number of ether oxygens (including phenoxy) is 3. The number of carbonyl (C=O) groups excluding carboxylic acids is 3. The first-order valence-electron chi connectivity index (χ1n) is 29.2. The smallest absolute Gasteiger partial charge is 0.306 e. The van der Waals surface area contributed by atoms with Crippen molar-refractivity contribution in [2.45, 2.75) is 277 Å². The molecule has 0 rings (SSSR count). The van der Waals surface area contributed by atoms with Crippen molar-refractivity contribution in [1.29, 1.82) is 0 Å². The van der Waals surface area contributed by atoms with Crippen LogP contribution in [0.5, 0.6) is 0 Å². The Hall–Kier alpha value is -3.67. The van der Waals surface area contributed by atoms with E-state index in [9.17, 15) is 14.4 Å². The largest absolute Gasteiger partial charge is 0.462 e. The van der Waals surface area contributed by atoms with Crippen LogP contribution in [0.3, 0.4) is 0 Å². The maximum atomic E-state index is 12.8. The number of carbonyl (C=O) groups is 3. The van der Waals surface area contributed by atoms with Crippen LogP contribution in [0.15, 0.2) is 97.2 Å². The highest BCUT2D eigenvalue weighted by molar-refractivity contribution is 5.71. The van der Waals surface area contributed by atoms with Crippen LogP contribution in [0.25, 0.3) is 0 Å². The van der Waals surface area contributed by atoms with Gasteiger partial charge in [0, 0.05) is 19.3 Å². The molecule has 0 saturated heterocycles. The van der Waals surface area contributed by atoms with E-state index in [1.807, 2.05) is 0 Å². The van der Waals surface area contributed by atoms with Gasteiger partial charge in [-0.25, -0.2) is 0 Å². The number of esters is 3. The van der Waals surface area contributed by atoms with Crippen molar-refractivity contribution in [3.8, 4) is 0 Å². The zero-order valence-corrected chi connectivity index (χ0v) is 45.8. The van der Waals surface area contributed by atoms with Crippen LogP contribution in [-0.4, -0.2) is 37.2 Å². The van der Waals surface area contributed by atoms with Gasteiger partial charge in [0.2, 0.25) is 0 Å². The average Bonchev–Trinajstić information content (AvgIpc) is 3.36. The van der Waals surface area contributed by atoms with Crippen LogP contribution in [0.2, 0.25) is 0 Å². The minimum absolute atomic E-state index is 0.0835. The lowest BCUT2D eigenvalue weighted by molar-refractivity contribution is -0.167. The van der Waals surface area contributed by atoms with E-state index in [2.05, 4.69) is 118 Å². The summed E-state index contributed by atoms with van der Waals surface area (Å²) in [6, 6.07) is 0. The summed E-state index contributed by atoms with van der Waals surface area (Å²) in [6.45, 7) is 6.45. The molecule has 0 N–H and O–H groups in total. The summed E-state index contributed by atoms with van der Waals surface area (Å²) in [4.78, 5) is 38.0. The second kappa shape index (κ2) is 57.9. The topological polar surface area (TPSA) is 78.9 Å². The first-order valence-corrected chi connectivity index (χ1v) is 29.2. The molecule has 0 aliphatic rings. The maximum absolute atomic E-state index is 12.8. The van der Waals surface area contributed by atoms with Crippen molar-refractivity contribution in [3.05, 3.63) is 97.2 Å². The Morgan fingerprint density at radius 1 is 0.300 bits per heavy atom. The highest BCUT2D eigenvalue weighted by atomic mass is 16.6. The molecule has 0 spiro atoms. The molecular formula is C64H108O6. The third-order valence-corrected chi connectivity index (χ3v) is 12.3. The third kappa shape index (κ3) is 55.3. The van der Waals surface area contributed by atoms with Crippen molar-refractivity contribution in [2.75, 3.05) is 13.2 Å². The van der Waals surface area contributed by atoms with E-state index in [1.165, 1.54) is 109 Å². The number of allylic oxidation sites excluding steroid dienone is 16. The van der Waals surface area contributed by atoms with Gasteiger partial charge in [-0.1, -0.05) is 253 Å². The third-order valence-electron chi connectivity index (χ3n) is 12.3. The quantitative estimate of drug-likeness (QED) is 0.0262. The van der Waals surface area contributed by atoms with Gasteiger partial charge in [0.25, 0.3) is 0 Å². The molecule has 0 saturated carbocycles. The van der Waals surface area contributed by atoms with Gasteiger partial charge < -0.3 is 14.2 Å². The summed E-state index contributed by atoms with van der Waals surface area (Å²) in [5.41, 5.74) is 0. The Kier molecular flexibility index (Phi) is 54.9. The Morgan fingerprint density at radius 3 is 0.943 bits per heavy atom. The van der Waals surface area contributed by atoms with Gasteiger partial charge in [-0.05, 0) is 96.3 Å². The van der Waals surface area contributed by atoms with E-state index < -0.39 is 6.10 Å². The van der Waals surface area contributed by atoms with Gasteiger partial charge in [0.05, 0.1) is 0 Å². The lowest BCUT2D eigenvalue weighted by Gasteiger charge is -2.18. The predicted molar refractivity (Wildman–Crippen MR) is 302 cm³/mol. The molecule has 70 heavy (non-hydrogen) atoms. The molecule has 0 aromatic carbocycles. The van der Waals surface area contributed by atoms with Gasteiger partial charge in [0.15, 0.2) is 6.10 Å². The molecule has 0 fully saturated rings. The van der Waals surface area contributed by atoms with Crippen LogP contribution in [0, 0.1) is 0 Å². The molecule has 1 unspecified atom stereocenters. The molecule has 0 aromatic heterocycles. The average molecular weight is 974 g/mol. The molecule has 6 nitrogen and oxygen atoms in total. The minimum Gasteiger partial charge on any atom is -0.462 e. The van der Waals surface area contributed by atoms with Crippen LogP contribution in [-0.2, 0) is 28.6 Å². The van der Waals surface area contributed by atoms with E-state index in [0.29, 0.717) is 19.3 Å². The fourth-order valence-electron chi connectivity index (χ4n) is 7.95. The molecule has 1 atom stereocenters. The lowest BCUT2D eigenvalue weighted by atomic mass is 10.0. The maximum Gasteiger partial charge on any atom is 0.306 e. The van der Waals surface area contributed by atoms with Crippen molar-refractivity contribution in [1.82, 2.24) is 0 Å². The van der Waals surface area contributed by atoms with E-state index in [1.54, 1.807) is 0 Å². The monoisotopic (exact) mass is 973 g/mol. The molecule has 0 bridgehead atoms. The minimum atomic E-state index is -0.783. The van der Waals surface area contributed by atoms with Gasteiger partial charge in [-0.3, -0.25) is 14.4 Å². The van der Waals surface area contributed by atoms with Gasteiger partial charge in [-0.15, -0.1) is 0 Å². The fourth-order valence-corrected chi connectivity index (χ4v) is 7.95. The van der Waals surface area contributed by atoms with E-state index in [0.717, 1.165) is 122 Å². The molecule has 0 radical (unpaired) electrons. The predicted octanol–water partition coefficient (Wildman–Crippen LogP) is 19.7. The SMILES string of the molecule is CC/C=C\C/C=C\C/C=C\C/C=C\C/C=C\C/C=C\C/C=C\CCCCCCCCCC(=O)OCC(COC(=O)CCCCCCC/C=C\CCC)OC(=O)CCCCCCCCCCCCCCC. The van der Waals surface area contributed by atoms with Gasteiger partial charge in [0.1, 0.15) is 13.2 Å². The molecule has 6 heteroatoms. The zero-order chi connectivity index (χ0) is 50.7. The lowest BCUT2D eigenvalue weighted by Crippen LogP contribution is -2.30. The molecule has 0 aromatic rings. The fraction of sp³-hybridized carbons (Fsp3) is 0.703. The van der Waals surface area contributed by atoms with Crippen LogP contribution in [0.4, 0.5) is 0 Å². The van der Waals surface area contributed by atoms with Crippen LogP contribution in [0.1, 0.15) is 271 Å². The summed E-state index contributed by atoms with van der Waals surface area (Å²) >= 11 is 0. The molecule has 0 amide bonds. The number of unbranched alkanes of at least 4 members (excludes halogenated alkanes) is 25. The Morgan fingerprint density at radius 2 is 0.586 bits per heavy atom. The Bertz CT molecular complexity index is 1400. The van der Waals surface area contributed by atoms with E-state index in [-0.39, 0.29) is 31.1 Å². The van der Waals surface area contributed by atoms with Crippen molar-refractivity contribution < 1.29 is 28.6 Å². The van der Waals surface area contributed by atoms with Gasteiger partial charge >= 0.3 is 17.9 Å². The second-order valence-electron chi connectivity index (χ2n) is 19.2.